The molecule has 1 aromatic carbocycles. The van der Waals surface area contributed by atoms with Crippen LogP contribution in [0.15, 0.2) is 47.5 Å². The number of anilines is 1. The summed E-state index contributed by atoms with van der Waals surface area (Å²) in [6.45, 7) is 1.34. The predicted octanol–water partition coefficient (Wildman–Crippen LogP) is 2.49. The highest BCUT2D eigenvalue weighted by atomic mass is 35.5. The monoisotopic (exact) mass is 424 g/mol. The minimum absolute atomic E-state index is 0.0738. The Hall–Kier alpha value is -2.00. The Morgan fingerprint density at radius 2 is 1.89 bits per heavy atom. The molecule has 1 N–H and O–H groups in total. The van der Waals surface area contributed by atoms with Crippen molar-refractivity contribution in [2.24, 2.45) is 0 Å². The average Bonchev–Trinajstić information content (AvgIpc) is 2.67. The Balaban J connectivity index is 1.90. The van der Waals surface area contributed by atoms with Crippen molar-refractivity contribution in [1.82, 2.24) is 14.2 Å². The quantitative estimate of drug-likeness (QED) is 0.668. The molecule has 0 spiro atoms. The number of amides is 1. The standard InChI is InChI=1S/C19H25ClN4O3S/c1-23(2)28(26,27)16-7-8-17(20)18(14-16)22-19(25)10-13-24(3)12-9-15-6-4-5-11-21-15/h4-8,11,14H,9-10,12-13H2,1-3H3,(H,22,25). The van der Waals surface area contributed by atoms with E-state index in [0.29, 0.717) is 6.54 Å². The van der Waals surface area contributed by atoms with E-state index >= 15 is 0 Å². The van der Waals surface area contributed by atoms with Gasteiger partial charge in [0.1, 0.15) is 0 Å². The Bertz CT molecular complexity index is 905. The summed E-state index contributed by atoms with van der Waals surface area (Å²) in [7, 11) is 1.23. The summed E-state index contributed by atoms with van der Waals surface area (Å²) in [6, 6.07) is 10.1. The molecule has 0 radical (unpaired) electrons. The maximum absolute atomic E-state index is 12.3. The maximum Gasteiger partial charge on any atom is 0.242 e. The zero-order chi connectivity index (χ0) is 20.7. The lowest BCUT2D eigenvalue weighted by Gasteiger charge is -2.17. The van der Waals surface area contributed by atoms with E-state index in [1.54, 1.807) is 6.20 Å². The lowest BCUT2D eigenvalue weighted by Crippen LogP contribution is -2.26. The fourth-order valence-electron chi connectivity index (χ4n) is 2.44. The number of likely N-dealkylation sites (N-methyl/N-ethyl adjacent to an activating group) is 1. The van der Waals surface area contributed by atoms with E-state index in [9.17, 15) is 13.2 Å². The third kappa shape index (κ3) is 6.27. The first-order valence-corrected chi connectivity index (χ1v) is 10.6. The summed E-state index contributed by atoms with van der Waals surface area (Å²) in [4.78, 5) is 18.7. The summed E-state index contributed by atoms with van der Waals surface area (Å²) in [5.41, 5.74) is 1.29. The predicted molar refractivity (Wildman–Crippen MR) is 111 cm³/mol. The number of halogens is 1. The van der Waals surface area contributed by atoms with Crippen LogP contribution in [0.25, 0.3) is 0 Å². The molecule has 0 unspecified atom stereocenters. The molecule has 7 nitrogen and oxygen atoms in total. The number of rotatable bonds is 9. The number of hydrogen-bond acceptors (Lipinski definition) is 5. The first kappa shape index (κ1) is 22.3. The number of carbonyl (C=O) groups is 1. The molecule has 2 rings (SSSR count). The van der Waals surface area contributed by atoms with Crippen LogP contribution in [0, 0.1) is 0 Å². The molecule has 0 atom stereocenters. The van der Waals surface area contributed by atoms with Crippen molar-refractivity contribution < 1.29 is 13.2 Å². The van der Waals surface area contributed by atoms with Crippen molar-refractivity contribution >= 4 is 33.2 Å². The van der Waals surface area contributed by atoms with Gasteiger partial charge in [0.2, 0.25) is 15.9 Å². The number of nitrogens with zero attached hydrogens (tertiary/aromatic N) is 3. The van der Waals surface area contributed by atoms with Gasteiger partial charge in [0.05, 0.1) is 15.6 Å². The Kier molecular flexibility index (Phi) is 7.94. The molecule has 2 aromatic rings. The minimum atomic E-state index is -3.60. The number of sulfonamides is 1. The van der Waals surface area contributed by atoms with Crippen molar-refractivity contribution in [3.63, 3.8) is 0 Å². The van der Waals surface area contributed by atoms with E-state index in [-0.39, 0.29) is 27.9 Å². The fourth-order valence-corrected chi connectivity index (χ4v) is 3.53. The van der Waals surface area contributed by atoms with Gasteiger partial charge in [-0.15, -0.1) is 0 Å². The topological polar surface area (TPSA) is 82.6 Å². The van der Waals surface area contributed by atoms with Gasteiger partial charge in [-0.2, -0.15) is 0 Å². The normalized spacial score (nSPS) is 11.8. The molecule has 1 aromatic heterocycles. The third-order valence-corrected chi connectivity index (χ3v) is 6.33. The lowest BCUT2D eigenvalue weighted by molar-refractivity contribution is -0.116. The van der Waals surface area contributed by atoms with E-state index < -0.39 is 10.0 Å². The number of benzene rings is 1. The number of hydrogen-bond donors (Lipinski definition) is 1. The molecule has 9 heteroatoms. The summed E-state index contributed by atoms with van der Waals surface area (Å²) < 4.78 is 25.6. The Morgan fingerprint density at radius 1 is 1.14 bits per heavy atom. The Labute approximate surface area is 171 Å². The lowest BCUT2D eigenvalue weighted by atomic mass is 10.2. The summed E-state index contributed by atoms with van der Waals surface area (Å²) >= 11 is 6.11. The minimum Gasteiger partial charge on any atom is -0.325 e. The van der Waals surface area contributed by atoms with Gasteiger partial charge >= 0.3 is 0 Å². The number of carbonyl (C=O) groups excluding carboxylic acids is 1. The van der Waals surface area contributed by atoms with E-state index in [4.69, 9.17) is 11.6 Å². The summed E-state index contributed by atoms with van der Waals surface area (Å²) in [5, 5.41) is 2.98. The molecule has 152 valence electrons. The van der Waals surface area contributed by atoms with E-state index in [2.05, 4.69) is 10.3 Å². The smallest absolute Gasteiger partial charge is 0.242 e. The molecule has 0 bridgehead atoms. The number of aromatic nitrogens is 1. The van der Waals surface area contributed by atoms with Gasteiger partial charge in [-0.25, -0.2) is 12.7 Å². The van der Waals surface area contributed by atoms with Crippen LogP contribution < -0.4 is 5.32 Å². The van der Waals surface area contributed by atoms with Crippen molar-refractivity contribution in [2.75, 3.05) is 39.5 Å². The SMILES string of the molecule is CN(CCC(=O)Nc1cc(S(=O)(=O)N(C)C)ccc1Cl)CCc1ccccn1. The molecule has 0 aliphatic heterocycles. The van der Waals surface area contributed by atoms with Gasteiger partial charge in [0.25, 0.3) is 0 Å². The molecular formula is C19H25ClN4O3S. The zero-order valence-corrected chi connectivity index (χ0v) is 17.8. The van der Waals surface area contributed by atoms with Gasteiger partial charge in [-0.1, -0.05) is 17.7 Å². The van der Waals surface area contributed by atoms with Crippen molar-refractivity contribution in [1.29, 1.82) is 0 Å². The van der Waals surface area contributed by atoms with Gasteiger partial charge in [0, 0.05) is 51.9 Å². The van der Waals surface area contributed by atoms with Crippen molar-refractivity contribution in [3.05, 3.63) is 53.3 Å². The van der Waals surface area contributed by atoms with Gasteiger partial charge in [-0.05, 0) is 37.4 Å². The van der Waals surface area contributed by atoms with Crippen LogP contribution in [0.3, 0.4) is 0 Å². The molecule has 0 fully saturated rings. The van der Waals surface area contributed by atoms with Crippen LogP contribution in [0.4, 0.5) is 5.69 Å². The summed E-state index contributed by atoms with van der Waals surface area (Å²) in [5.74, 6) is -0.231. The van der Waals surface area contributed by atoms with Crippen LogP contribution in [0.1, 0.15) is 12.1 Å². The number of pyridine rings is 1. The molecule has 0 aliphatic carbocycles. The van der Waals surface area contributed by atoms with E-state index in [1.807, 2.05) is 30.1 Å². The van der Waals surface area contributed by atoms with Gasteiger partial charge in [-0.3, -0.25) is 9.78 Å². The van der Waals surface area contributed by atoms with E-state index in [0.717, 1.165) is 23.0 Å². The van der Waals surface area contributed by atoms with Crippen molar-refractivity contribution in [3.8, 4) is 0 Å². The molecule has 1 amide bonds. The first-order chi connectivity index (χ1) is 13.2. The second kappa shape index (κ2) is 9.97. The molecule has 0 aliphatic rings. The Morgan fingerprint density at radius 3 is 2.54 bits per heavy atom. The van der Waals surface area contributed by atoms with Crippen LogP contribution in [-0.4, -0.2) is 62.7 Å². The highest BCUT2D eigenvalue weighted by molar-refractivity contribution is 7.89. The fraction of sp³-hybridized carbons (Fsp3) is 0.368. The van der Waals surface area contributed by atoms with Crippen LogP contribution >= 0.6 is 11.6 Å². The largest absolute Gasteiger partial charge is 0.325 e. The highest BCUT2D eigenvalue weighted by Crippen LogP contribution is 2.26. The van der Waals surface area contributed by atoms with Gasteiger partial charge < -0.3 is 10.2 Å². The second-order valence-electron chi connectivity index (χ2n) is 6.60. The third-order valence-electron chi connectivity index (χ3n) is 4.19. The van der Waals surface area contributed by atoms with Gasteiger partial charge in [0.15, 0.2) is 0 Å². The second-order valence-corrected chi connectivity index (χ2v) is 9.16. The van der Waals surface area contributed by atoms with Crippen LogP contribution in [0.2, 0.25) is 5.02 Å². The maximum atomic E-state index is 12.3. The summed E-state index contributed by atoms with van der Waals surface area (Å²) in [6.07, 6.45) is 2.83. The molecule has 0 saturated carbocycles. The van der Waals surface area contributed by atoms with Crippen LogP contribution in [0.5, 0.6) is 0 Å². The zero-order valence-electron chi connectivity index (χ0n) is 16.2. The molecule has 28 heavy (non-hydrogen) atoms. The van der Waals surface area contributed by atoms with Crippen LogP contribution in [-0.2, 0) is 21.2 Å². The molecule has 0 saturated heterocycles. The average molecular weight is 425 g/mol. The number of nitrogens with one attached hydrogen (secondary N) is 1. The molecular weight excluding hydrogens is 400 g/mol. The highest BCUT2D eigenvalue weighted by Gasteiger charge is 2.19. The van der Waals surface area contributed by atoms with Crippen molar-refractivity contribution in [2.45, 2.75) is 17.7 Å². The van der Waals surface area contributed by atoms with E-state index in [1.165, 1.54) is 32.3 Å². The first-order valence-electron chi connectivity index (χ1n) is 8.80. The molecule has 1 heterocycles.